The summed E-state index contributed by atoms with van der Waals surface area (Å²) in [6, 6.07) is 1.36. The summed E-state index contributed by atoms with van der Waals surface area (Å²) in [6.45, 7) is 4.52. The van der Waals surface area contributed by atoms with Crippen LogP contribution >= 0.6 is 0 Å². The van der Waals surface area contributed by atoms with Crippen molar-refractivity contribution in [1.29, 1.82) is 0 Å². The molecule has 0 spiro atoms. The molecule has 37 valence electrons. The van der Waals surface area contributed by atoms with Gasteiger partial charge in [0.2, 0.25) is 0 Å². The van der Waals surface area contributed by atoms with Crippen LogP contribution in [0.15, 0.2) is 0 Å². The molecule has 0 atom stereocenters. The molecule has 0 aliphatic carbocycles. The van der Waals surface area contributed by atoms with Crippen LogP contribution in [0.4, 0.5) is 0 Å². The van der Waals surface area contributed by atoms with Crippen molar-refractivity contribution in [2.45, 2.75) is 26.3 Å². The lowest BCUT2D eigenvalue weighted by molar-refractivity contribution is 0.626. The molecule has 6 heavy (non-hydrogen) atoms. The van der Waals surface area contributed by atoms with Crippen LogP contribution in [0.2, 0.25) is 6.04 Å². The van der Waals surface area contributed by atoms with Crippen LogP contribution in [0, 0.1) is 5.92 Å². The smallest absolute Gasteiger partial charge is 0.00798 e. The Labute approximate surface area is 43.4 Å². The van der Waals surface area contributed by atoms with E-state index in [1.165, 1.54) is 12.5 Å². The monoisotopic (exact) mass is 101 g/mol. The molecular weight excluding hydrogens is 88.1 g/mol. The van der Waals surface area contributed by atoms with Crippen molar-refractivity contribution in [2.75, 3.05) is 0 Å². The summed E-state index contributed by atoms with van der Waals surface area (Å²) in [5.74, 6) is 0.905. The normalized spacial score (nSPS) is 10.0. The van der Waals surface area contributed by atoms with Crippen LogP contribution in [0.1, 0.15) is 20.3 Å². The SMILES string of the molecule is CC(C)CC[SiH2]. The second-order valence-electron chi connectivity index (χ2n) is 2.04. The minimum absolute atomic E-state index is 0.905. The van der Waals surface area contributed by atoms with E-state index in [0.29, 0.717) is 0 Å². The molecule has 0 aliphatic heterocycles. The second kappa shape index (κ2) is 3.41. The summed E-state index contributed by atoms with van der Waals surface area (Å²) in [6.07, 6.45) is 1.39. The summed E-state index contributed by atoms with van der Waals surface area (Å²) in [5.41, 5.74) is 0. The van der Waals surface area contributed by atoms with E-state index in [1.807, 2.05) is 0 Å². The molecule has 1 radical (unpaired) electrons. The van der Waals surface area contributed by atoms with Crippen molar-refractivity contribution in [2.24, 2.45) is 5.92 Å². The highest BCUT2D eigenvalue weighted by molar-refractivity contribution is 6.08. The Bertz CT molecular complexity index is 25.1. The van der Waals surface area contributed by atoms with Crippen LogP contribution in [-0.4, -0.2) is 10.2 Å². The maximum atomic E-state index is 2.26. The van der Waals surface area contributed by atoms with E-state index in [4.69, 9.17) is 0 Å². The molecule has 1 heteroatoms. The summed E-state index contributed by atoms with van der Waals surface area (Å²) in [7, 11) is 2.06. The molecule has 0 fully saturated rings. The van der Waals surface area contributed by atoms with Crippen molar-refractivity contribution in [3.63, 3.8) is 0 Å². The van der Waals surface area contributed by atoms with Gasteiger partial charge in [-0.1, -0.05) is 26.3 Å². The Morgan fingerprint density at radius 3 is 2.00 bits per heavy atom. The average Bonchev–Trinajstić information content (AvgIpc) is 1.35. The number of hydrogen-bond donors (Lipinski definition) is 0. The third kappa shape index (κ3) is 4.22. The van der Waals surface area contributed by atoms with E-state index in [2.05, 4.69) is 24.1 Å². The van der Waals surface area contributed by atoms with E-state index in [0.717, 1.165) is 5.92 Å². The Kier molecular flexibility index (Phi) is 3.53. The van der Waals surface area contributed by atoms with Gasteiger partial charge in [-0.15, -0.1) is 0 Å². The minimum Gasteiger partial charge on any atom is -0.0649 e. The lowest BCUT2D eigenvalue weighted by Crippen LogP contribution is -1.83. The van der Waals surface area contributed by atoms with Gasteiger partial charge in [-0.3, -0.25) is 0 Å². The lowest BCUT2D eigenvalue weighted by atomic mass is 10.2. The van der Waals surface area contributed by atoms with Gasteiger partial charge in [-0.2, -0.15) is 0 Å². The maximum Gasteiger partial charge on any atom is 0.00798 e. The van der Waals surface area contributed by atoms with Gasteiger partial charge in [0.05, 0.1) is 0 Å². The predicted molar refractivity (Wildman–Crippen MR) is 32.8 cm³/mol. The summed E-state index contributed by atoms with van der Waals surface area (Å²) in [4.78, 5) is 0. The molecule has 0 aromatic heterocycles. The maximum absolute atomic E-state index is 2.26. The molecule has 0 N–H and O–H groups in total. The van der Waals surface area contributed by atoms with Gasteiger partial charge in [0.15, 0.2) is 0 Å². The summed E-state index contributed by atoms with van der Waals surface area (Å²) in [5, 5.41) is 0. The number of rotatable bonds is 2. The van der Waals surface area contributed by atoms with Gasteiger partial charge in [-0.05, 0) is 5.92 Å². The largest absolute Gasteiger partial charge is 0.0649 e. The van der Waals surface area contributed by atoms with Crippen LogP contribution in [0.5, 0.6) is 0 Å². The molecule has 0 bridgehead atoms. The first kappa shape index (κ1) is 6.22. The minimum atomic E-state index is 0.905. The first-order chi connectivity index (χ1) is 2.77. The molecule has 0 aromatic carbocycles. The van der Waals surface area contributed by atoms with Gasteiger partial charge in [-0.25, -0.2) is 0 Å². The molecule has 0 unspecified atom stereocenters. The highest BCUT2D eigenvalue weighted by atomic mass is 28.1. The standard InChI is InChI=1S/C5H13Si/c1-5(2)3-4-6/h5H,3-4,6H2,1-2H3. The van der Waals surface area contributed by atoms with Crippen LogP contribution < -0.4 is 0 Å². The van der Waals surface area contributed by atoms with E-state index in [-0.39, 0.29) is 0 Å². The van der Waals surface area contributed by atoms with E-state index in [9.17, 15) is 0 Å². The molecule has 0 nitrogen and oxygen atoms in total. The van der Waals surface area contributed by atoms with Gasteiger partial charge in [0.1, 0.15) is 0 Å². The van der Waals surface area contributed by atoms with Crippen LogP contribution in [-0.2, 0) is 0 Å². The fourth-order valence-electron chi connectivity index (χ4n) is 0.408. The molecule has 0 aromatic rings. The average molecular weight is 101 g/mol. The van der Waals surface area contributed by atoms with E-state index >= 15 is 0 Å². The number of hydrogen-bond acceptors (Lipinski definition) is 0. The Hall–Kier alpha value is 0.217. The summed E-state index contributed by atoms with van der Waals surface area (Å²) < 4.78 is 0. The topological polar surface area (TPSA) is 0 Å². The predicted octanol–water partition coefficient (Wildman–Crippen LogP) is 1.08. The first-order valence-corrected chi connectivity index (χ1v) is 3.56. The second-order valence-corrected chi connectivity index (χ2v) is 2.74. The van der Waals surface area contributed by atoms with Crippen molar-refractivity contribution < 1.29 is 0 Å². The van der Waals surface area contributed by atoms with E-state index in [1.54, 1.807) is 0 Å². The van der Waals surface area contributed by atoms with E-state index < -0.39 is 0 Å². The zero-order chi connectivity index (χ0) is 4.99. The third-order valence-electron chi connectivity index (χ3n) is 0.781. The molecule has 0 saturated carbocycles. The van der Waals surface area contributed by atoms with Crippen LogP contribution in [0.25, 0.3) is 0 Å². The molecule has 0 heterocycles. The highest BCUT2D eigenvalue weighted by Crippen LogP contribution is 1.99. The van der Waals surface area contributed by atoms with Crippen molar-refractivity contribution >= 4 is 10.2 Å². The summed E-state index contributed by atoms with van der Waals surface area (Å²) >= 11 is 0. The van der Waals surface area contributed by atoms with Crippen LogP contribution in [0.3, 0.4) is 0 Å². The quantitative estimate of drug-likeness (QED) is 0.457. The van der Waals surface area contributed by atoms with Gasteiger partial charge < -0.3 is 0 Å². The fourth-order valence-corrected chi connectivity index (χ4v) is 1.22. The highest BCUT2D eigenvalue weighted by Gasteiger charge is 1.85. The molecular formula is C5H13Si. The lowest BCUT2D eigenvalue weighted by Gasteiger charge is -1.95. The molecule has 0 saturated heterocycles. The van der Waals surface area contributed by atoms with Gasteiger partial charge in [0, 0.05) is 10.2 Å². The molecule has 0 amide bonds. The van der Waals surface area contributed by atoms with Gasteiger partial charge >= 0.3 is 0 Å². The fraction of sp³-hybridized carbons (Fsp3) is 1.00. The molecule has 0 aliphatic rings. The Morgan fingerprint density at radius 2 is 2.00 bits per heavy atom. The van der Waals surface area contributed by atoms with Crippen molar-refractivity contribution in [3.8, 4) is 0 Å². The Morgan fingerprint density at radius 1 is 1.50 bits per heavy atom. The first-order valence-electron chi connectivity index (χ1n) is 2.56. The van der Waals surface area contributed by atoms with Crippen molar-refractivity contribution in [3.05, 3.63) is 0 Å². The zero-order valence-corrected chi connectivity index (χ0v) is 6.11. The molecule has 0 rings (SSSR count). The zero-order valence-electron chi connectivity index (χ0n) is 4.70. The third-order valence-corrected chi connectivity index (χ3v) is 1.19. The van der Waals surface area contributed by atoms with Gasteiger partial charge in [0.25, 0.3) is 0 Å². The Balaban J connectivity index is 2.63. The van der Waals surface area contributed by atoms with Crippen molar-refractivity contribution in [1.82, 2.24) is 0 Å².